The maximum absolute atomic E-state index is 11.8. The van der Waals surface area contributed by atoms with Crippen molar-refractivity contribution in [2.75, 3.05) is 6.61 Å². The third-order valence-corrected chi connectivity index (χ3v) is 3.36. The number of hydrogen-bond acceptors (Lipinski definition) is 2. The Kier molecular flexibility index (Phi) is 5.58. The molecular weight excluding hydrogens is 200 g/mol. The first-order valence-corrected chi connectivity index (χ1v) is 6.46. The van der Waals surface area contributed by atoms with Crippen molar-refractivity contribution in [3.8, 4) is 0 Å². The summed E-state index contributed by atoms with van der Waals surface area (Å²) in [4.78, 5) is 11.8. The van der Waals surface area contributed by atoms with Crippen molar-refractivity contribution in [1.82, 2.24) is 0 Å². The van der Waals surface area contributed by atoms with Crippen molar-refractivity contribution in [1.29, 1.82) is 0 Å². The van der Waals surface area contributed by atoms with Gasteiger partial charge < -0.3 is 4.74 Å². The van der Waals surface area contributed by atoms with Gasteiger partial charge in [0.05, 0.1) is 12.5 Å². The predicted octanol–water partition coefficient (Wildman–Crippen LogP) is 3.57. The minimum Gasteiger partial charge on any atom is -0.466 e. The van der Waals surface area contributed by atoms with Gasteiger partial charge in [0, 0.05) is 0 Å². The van der Waals surface area contributed by atoms with Gasteiger partial charge >= 0.3 is 5.97 Å². The fourth-order valence-electron chi connectivity index (χ4n) is 2.32. The van der Waals surface area contributed by atoms with Gasteiger partial charge in [0.1, 0.15) is 0 Å². The van der Waals surface area contributed by atoms with Gasteiger partial charge in [-0.2, -0.15) is 0 Å². The van der Waals surface area contributed by atoms with Crippen molar-refractivity contribution in [2.24, 2.45) is 17.8 Å². The largest absolute Gasteiger partial charge is 0.466 e. The highest BCUT2D eigenvalue weighted by Crippen LogP contribution is 2.29. The van der Waals surface area contributed by atoms with Crippen LogP contribution in [0.2, 0.25) is 0 Å². The van der Waals surface area contributed by atoms with Crippen LogP contribution in [0.4, 0.5) is 0 Å². The van der Waals surface area contributed by atoms with Gasteiger partial charge in [-0.25, -0.2) is 0 Å². The van der Waals surface area contributed by atoms with E-state index in [0.717, 1.165) is 19.3 Å². The van der Waals surface area contributed by atoms with Crippen LogP contribution < -0.4 is 0 Å². The van der Waals surface area contributed by atoms with Crippen LogP contribution in [0.15, 0.2) is 12.2 Å². The van der Waals surface area contributed by atoms with Crippen LogP contribution in [0.3, 0.4) is 0 Å². The van der Waals surface area contributed by atoms with Gasteiger partial charge in [-0.3, -0.25) is 4.79 Å². The van der Waals surface area contributed by atoms with Crippen LogP contribution >= 0.6 is 0 Å². The number of carbonyl (C=O) groups is 1. The van der Waals surface area contributed by atoms with E-state index in [9.17, 15) is 4.79 Å². The van der Waals surface area contributed by atoms with Crippen molar-refractivity contribution < 1.29 is 9.53 Å². The number of ether oxygens (including phenoxy) is 1. The van der Waals surface area contributed by atoms with Crippen LogP contribution in [-0.4, -0.2) is 12.6 Å². The SMILES string of the molecule is CCOC(=O)C(CC1CC=CCC1)C(C)C. The van der Waals surface area contributed by atoms with Crippen LogP contribution in [0, 0.1) is 17.8 Å². The summed E-state index contributed by atoms with van der Waals surface area (Å²) in [6.45, 7) is 6.59. The molecule has 92 valence electrons. The van der Waals surface area contributed by atoms with Crippen molar-refractivity contribution in [2.45, 2.75) is 46.5 Å². The Hall–Kier alpha value is -0.790. The predicted molar refractivity (Wildman–Crippen MR) is 66.1 cm³/mol. The van der Waals surface area contributed by atoms with E-state index in [-0.39, 0.29) is 11.9 Å². The Morgan fingerprint density at radius 2 is 2.19 bits per heavy atom. The van der Waals surface area contributed by atoms with Gasteiger partial charge in [0.15, 0.2) is 0 Å². The Morgan fingerprint density at radius 1 is 1.44 bits per heavy atom. The molecule has 2 unspecified atom stereocenters. The normalized spacial score (nSPS) is 22.1. The second kappa shape index (κ2) is 6.72. The van der Waals surface area contributed by atoms with Crippen LogP contribution in [0.5, 0.6) is 0 Å². The van der Waals surface area contributed by atoms with Gasteiger partial charge in [0.25, 0.3) is 0 Å². The third kappa shape index (κ3) is 3.99. The zero-order chi connectivity index (χ0) is 12.0. The fourth-order valence-corrected chi connectivity index (χ4v) is 2.32. The quantitative estimate of drug-likeness (QED) is 0.527. The zero-order valence-corrected chi connectivity index (χ0v) is 10.7. The first-order chi connectivity index (χ1) is 7.65. The summed E-state index contributed by atoms with van der Waals surface area (Å²) < 4.78 is 5.15. The average molecular weight is 224 g/mol. The molecule has 16 heavy (non-hydrogen) atoms. The van der Waals surface area contributed by atoms with E-state index in [0.29, 0.717) is 18.4 Å². The van der Waals surface area contributed by atoms with E-state index in [4.69, 9.17) is 4.74 Å². The number of allylic oxidation sites excluding steroid dienone is 2. The van der Waals surface area contributed by atoms with Crippen LogP contribution in [0.1, 0.15) is 46.5 Å². The number of hydrogen-bond donors (Lipinski definition) is 0. The Morgan fingerprint density at radius 3 is 2.69 bits per heavy atom. The molecule has 0 N–H and O–H groups in total. The maximum Gasteiger partial charge on any atom is 0.309 e. The highest BCUT2D eigenvalue weighted by atomic mass is 16.5. The Balaban J connectivity index is 2.50. The van der Waals surface area contributed by atoms with Gasteiger partial charge in [0.2, 0.25) is 0 Å². The van der Waals surface area contributed by atoms with Gasteiger partial charge in [-0.1, -0.05) is 26.0 Å². The number of rotatable bonds is 5. The van der Waals surface area contributed by atoms with Crippen molar-refractivity contribution >= 4 is 5.97 Å². The van der Waals surface area contributed by atoms with E-state index >= 15 is 0 Å². The first kappa shape index (κ1) is 13.3. The lowest BCUT2D eigenvalue weighted by Gasteiger charge is -2.25. The maximum atomic E-state index is 11.8. The van der Waals surface area contributed by atoms with E-state index < -0.39 is 0 Å². The molecule has 2 heteroatoms. The standard InChI is InChI=1S/C14H24O2/c1-4-16-14(15)13(11(2)3)10-12-8-6-5-7-9-12/h5-6,11-13H,4,7-10H2,1-3H3. The Bertz CT molecular complexity index is 243. The molecule has 0 fully saturated rings. The molecule has 0 aliphatic heterocycles. The second-order valence-electron chi connectivity index (χ2n) is 4.99. The molecule has 0 bridgehead atoms. The van der Waals surface area contributed by atoms with E-state index in [2.05, 4.69) is 26.0 Å². The lowest BCUT2D eigenvalue weighted by molar-refractivity contribution is -0.150. The van der Waals surface area contributed by atoms with E-state index in [1.165, 1.54) is 6.42 Å². The molecule has 0 amide bonds. The second-order valence-corrected chi connectivity index (χ2v) is 4.99. The molecule has 0 aromatic heterocycles. The molecular formula is C14H24O2. The van der Waals surface area contributed by atoms with Gasteiger partial charge in [-0.15, -0.1) is 0 Å². The van der Waals surface area contributed by atoms with Crippen molar-refractivity contribution in [3.63, 3.8) is 0 Å². The highest BCUT2D eigenvalue weighted by molar-refractivity contribution is 5.72. The molecule has 0 heterocycles. The average Bonchev–Trinajstić information content (AvgIpc) is 2.27. The monoisotopic (exact) mass is 224 g/mol. The fraction of sp³-hybridized carbons (Fsp3) is 0.786. The molecule has 0 saturated carbocycles. The summed E-state index contributed by atoms with van der Waals surface area (Å²) in [6, 6.07) is 0. The van der Waals surface area contributed by atoms with Crippen LogP contribution in [-0.2, 0) is 9.53 Å². The molecule has 1 aliphatic carbocycles. The molecule has 0 radical (unpaired) electrons. The number of esters is 1. The lowest BCUT2D eigenvalue weighted by atomic mass is 9.81. The summed E-state index contributed by atoms with van der Waals surface area (Å²) in [5.74, 6) is 1.12. The number of carbonyl (C=O) groups excluding carboxylic acids is 1. The zero-order valence-electron chi connectivity index (χ0n) is 10.7. The summed E-state index contributed by atoms with van der Waals surface area (Å²) >= 11 is 0. The summed E-state index contributed by atoms with van der Waals surface area (Å²) in [5, 5.41) is 0. The molecule has 0 aromatic rings. The molecule has 0 aromatic carbocycles. The first-order valence-electron chi connectivity index (χ1n) is 6.46. The summed E-state index contributed by atoms with van der Waals surface area (Å²) in [7, 11) is 0. The van der Waals surface area contributed by atoms with E-state index in [1.54, 1.807) is 0 Å². The van der Waals surface area contributed by atoms with E-state index in [1.807, 2.05) is 6.92 Å². The lowest BCUT2D eigenvalue weighted by Crippen LogP contribution is -2.25. The molecule has 2 atom stereocenters. The Labute approximate surface area is 99.1 Å². The molecule has 2 nitrogen and oxygen atoms in total. The minimum absolute atomic E-state index is 0.00736. The molecule has 1 rings (SSSR count). The topological polar surface area (TPSA) is 26.3 Å². The smallest absolute Gasteiger partial charge is 0.309 e. The van der Waals surface area contributed by atoms with Crippen molar-refractivity contribution in [3.05, 3.63) is 12.2 Å². The third-order valence-electron chi connectivity index (χ3n) is 3.36. The molecule has 0 saturated heterocycles. The highest BCUT2D eigenvalue weighted by Gasteiger charge is 2.26. The molecule has 0 spiro atoms. The summed E-state index contributed by atoms with van der Waals surface area (Å²) in [6.07, 6.45) is 8.99. The summed E-state index contributed by atoms with van der Waals surface area (Å²) in [5.41, 5.74) is 0. The van der Waals surface area contributed by atoms with Gasteiger partial charge in [-0.05, 0) is 44.4 Å². The molecule has 1 aliphatic rings. The van der Waals surface area contributed by atoms with Crippen LogP contribution in [0.25, 0.3) is 0 Å². The minimum atomic E-state index is -0.00736.